The Morgan fingerprint density at radius 3 is 2.71 bits per heavy atom. The summed E-state index contributed by atoms with van der Waals surface area (Å²) < 4.78 is 56.6. The van der Waals surface area contributed by atoms with Crippen molar-refractivity contribution in [3.05, 3.63) is 24.3 Å². The topological polar surface area (TPSA) is 89.7 Å². The molecule has 11 heteroatoms. The molecule has 0 spiro atoms. The number of sulfone groups is 1. The second kappa shape index (κ2) is 7.45. The van der Waals surface area contributed by atoms with Crippen LogP contribution in [0.3, 0.4) is 0 Å². The van der Waals surface area contributed by atoms with Crippen LogP contribution in [0.25, 0.3) is 0 Å². The van der Waals surface area contributed by atoms with E-state index in [0.717, 1.165) is 21.4 Å². The van der Waals surface area contributed by atoms with Gasteiger partial charge in [-0.25, -0.2) is 8.42 Å². The van der Waals surface area contributed by atoms with Gasteiger partial charge in [0, 0.05) is 12.6 Å². The summed E-state index contributed by atoms with van der Waals surface area (Å²) in [7, 11) is -3.84. The lowest BCUT2D eigenvalue weighted by Crippen LogP contribution is -2.46. The van der Waals surface area contributed by atoms with Crippen LogP contribution in [0.15, 0.2) is 29.2 Å². The van der Waals surface area contributed by atoms with Gasteiger partial charge in [-0.05, 0) is 33.9 Å². The number of alkyl halides is 2. The number of hydrogen-bond acceptors (Lipinski definition) is 5. The fraction of sp³-hybridized carbons (Fsp3) is 0.462. The monoisotopic (exact) mass is 492 g/mol. The lowest BCUT2D eigenvalue weighted by Gasteiger charge is -2.30. The summed E-state index contributed by atoms with van der Waals surface area (Å²) in [5.41, 5.74) is 6.07. The van der Waals surface area contributed by atoms with Crippen LogP contribution in [0, 0.1) is 5.92 Å². The van der Waals surface area contributed by atoms with E-state index in [1.165, 1.54) is 15.2 Å². The predicted octanol–water partition coefficient (Wildman–Crippen LogP) is 1.93. The quantitative estimate of drug-likeness (QED) is 0.395. The third kappa shape index (κ3) is 4.04. The van der Waals surface area contributed by atoms with Gasteiger partial charge in [-0.2, -0.15) is 8.78 Å². The Labute approximate surface area is 154 Å². The highest BCUT2D eigenvalue weighted by molar-refractivity contribution is 14.1. The molecule has 0 radical (unpaired) electrons. The van der Waals surface area contributed by atoms with Crippen LogP contribution >= 0.6 is 32.1 Å². The lowest BCUT2D eigenvalue weighted by molar-refractivity contribution is -0.124. The van der Waals surface area contributed by atoms with Crippen molar-refractivity contribution in [3.63, 3.8) is 0 Å². The standard InChI is InChI=1S/C13H16F2IN2O4PS/c14-13(15,23)24(20,21)9-3-1-2-8(6-9)18(16)12(19)10-4-5-22-7-11(10)17/h1-3,6,10-11H,4-5,7,17,23H2/t10-,11+/m0/s1. The van der Waals surface area contributed by atoms with Crippen LogP contribution in [0.4, 0.5) is 14.5 Å². The lowest BCUT2D eigenvalue weighted by atomic mass is 9.94. The molecule has 1 saturated heterocycles. The molecular formula is C13H16F2IN2O4PS. The largest absolute Gasteiger partial charge is 0.380 e. The molecule has 0 bridgehead atoms. The van der Waals surface area contributed by atoms with Gasteiger partial charge in [0.05, 0.1) is 46.0 Å². The van der Waals surface area contributed by atoms with Crippen molar-refractivity contribution in [3.8, 4) is 0 Å². The van der Waals surface area contributed by atoms with Gasteiger partial charge in [-0.3, -0.25) is 7.91 Å². The Balaban J connectivity index is 2.29. The molecule has 1 aliphatic heterocycles. The van der Waals surface area contributed by atoms with E-state index in [1.807, 2.05) is 0 Å². The van der Waals surface area contributed by atoms with Crippen molar-refractivity contribution in [1.82, 2.24) is 0 Å². The highest BCUT2D eigenvalue weighted by atomic mass is 127. The molecule has 6 nitrogen and oxygen atoms in total. The number of halogens is 3. The van der Waals surface area contributed by atoms with Crippen molar-refractivity contribution >= 4 is 53.5 Å². The van der Waals surface area contributed by atoms with Crippen molar-refractivity contribution in [2.45, 2.75) is 22.4 Å². The minimum Gasteiger partial charge on any atom is -0.380 e. The molecule has 0 aliphatic carbocycles. The first kappa shape index (κ1) is 19.9. The van der Waals surface area contributed by atoms with Gasteiger partial charge >= 0.3 is 5.00 Å². The zero-order valence-corrected chi connectivity index (χ0v) is 16.5. The van der Waals surface area contributed by atoms with E-state index in [0.29, 0.717) is 13.0 Å². The first-order valence-electron chi connectivity index (χ1n) is 6.90. The summed E-state index contributed by atoms with van der Waals surface area (Å²) >= 11 is 1.71. The van der Waals surface area contributed by atoms with Crippen molar-refractivity contribution < 1.29 is 26.7 Å². The molecule has 2 N–H and O–H groups in total. The summed E-state index contributed by atoms with van der Waals surface area (Å²) in [6.45, 7) is 0.664. The SMILES string of the molecule is N[C@@H]1COCC[C@@H]1C(=O)N(I)c1cccc(S(=O)(=O)C(F)(F)P)c1. The van der Waals surface area contributed by atoms with E-state index in [9.17, 15) is 22.0 Å². The number of amides is 1. The molecule has 1 fully saturated rings. The maximum atomic E-state index is 13.3. The van der Waals surface area contributed by atoms with Gasteiger partial charge in [-0.1, -0.05) is 6.07 Å². The van der Waals surface area contributed by atoms with Crippen LogP contribution in [0.1, 0.15) is 6.42 Å². The molecule has 1 unspecified atom stereocenters. The first-order valence-corrected chi connectivity index (χ1v) is 9.92. The van der Waals surface area contributed by atoms with Gasteiger partial charge < -0.3 is 10.5 Å². The van der Waals surface area contributed by atoms with Gasteiger partial charge in [-0.15, -0.1) is 0 Å². The Hall–Kier alpha value is -0.420. The Morgan fingerprint density at radius 1 is 1.46 bits per heavy atom. The number of hydrogen-bond donors (Lipinski definition) is 1. The van der Waals surface area contributed by atoms with Gasteiger partial charge in [0.2, 0.25) is 15.7 Å². The summed E-state index contributed by atoms with van der Waals surface area (Å²) in [5, 5.41) is 0. The molecule has 0 saturated carbocycles. The molecule has 24 heavy (non-hydrogen) atoms. The molecule has 1 heterocycles. The number of nitrogens with zero attached hydrogens (tertiary/aromatic N) is 1. The van der Waals surface area contributed by atoms with E-state index in [1.54, 1.807) is 22.9 Å². The maximum absolute atomic E-state index is 13.3. The van der Waals surface area contributed by atoms with Crippen molar-refractivity contribution in [1.29, 1.82) is 0 Å². The van der Waals surface area contributed by atoms with Crippen molar-refractivity contribution in [2.24, 2.45) is 11.7 Å². The second-order valence-electron chi connectivity index (χ2n) is 5.32. The number of rotatable bonds is 4. The first-order chi connectivity index (χ1) is 11.1. The van der Waals surface area contributed by atoms with E-state index in [4.69, 9.17) is 10.5 Å². The molecule has 1 aliphatic rings. The van der Waals surface area contributed by atoms with Crippen LogP contribution in [0.5, 0.6) is 0 Å². The average molecular weight is 492 g/mol. The zero-order valence-electron chi connectivity index (χ0n) is 12.4. The average Bonchev–Trinajstić information content (AvgIpc) is 2.53. The minimum atomic E-state index is -4.85. The summed E-state index contributed by atoms with van der Waals surface area (Å²) in [4.78, 5) is 7.99. The molecule has 3 atom stereocenters. The second-order valence-corrected chi connectivity index (χ2v) is 9.45. The molecule has 2 rings (SSSR count). The van der Waals surface area contributed by atoms with Crippen LogP contribution in [0.2, 0.25) is 0 Å². The van der Waals surface area contributed by atoms with E-state index in [-0.39, 0.29) is 18.2 Å². The number of anilines is 1. The number of benzene rings is 1. The Bertz CT molecular complexity index is 729. The number of ether oxygens (including phenoxy) is 1. The number of carbonyl (C=O) groups is 1. The molecule has 1 aromatic rings. The molecular weight excluding hydrogens is 476 g/mol. The zero-order chi connectivity index (χ0) is 18.1. The smallest absolute Gasteiger partial charge is 0.359 e. The van der Waals surface area contributed by atoms with Gasteiger partial charge in [0.25, 0.3) is 0 Å². The van der Waals surface area contributed by atoms with Gasteiger partial charge in [0.15, 0.2) is 0 Å². The van der Waals surface area contributed by atoms with Crippen LogP contribution in [-0.4, -0.2) is 38.6 Å². The highest BCUT2D eigenvalue weighted by Crippen LogP contribution is 2.36. The highest BCUT2D eigenvalue weighted by Gasteiger charge is 2.41. The van der Waals surface area contributed by atoms with E-state index < -0.39 is 31.7 Å². The predicted molar refractivity (Wildman–Crippen MR) is 96.7 cm³/mol. The third-order valence-electron chi connectivity index (χ3n) is 3.62. The summed E-state index contributed by atoms with van der Waals surface area (Å²) in [6.07, 6.45) is 0.446. The number of carbonyl (C=O) groups excluding carboxylic acids is 1. The Morgan fingerprint density at radius 2 is 2.12 bits per heavy atom. The Kier molecular flexibility index (Phi) is 6.17. The molecule has 0 aromatic heterocycles. The normalized spacial score (nSPS) is 22.2. The summed E-state index contributed by atoms with van der Waals surface area (Å²) in [5.74, 6) is -0.794. The molecule has 134 valence electrons. The van der Waals surface area contributed by atoms with E-state index >= 15 is 0 Å². The summed E-state index contributed by atoms with van der Waals surface area (Å²) in [6, 6.07) is 4.41. The molecule has 1 amide bonds. The fourth-order valence-corrected chi connectivity index (χ4v) is 4.18. The van der Waals surface area contributed by atoms with Crippen LogP contribution < -0.4 is 8.85 Å². The van der Waals surface area contributed by atoms with Gasteiger partial charge in [0.1, 0.15) is 0 Å². The minimum absolute atomic E-state index is 0.189. The third-order valence-corrected chi connectivity index (χ3v) is 7.18. The maximum Gasteiger partial charge on any atom is 0.359 e. The van der Waals surface area contributed by atoms with E-state index in [2.05, 4.69) is 0 Å². The van der Waals surface area contributed by atoms with Crippen molar-refractivity contribution in [2.75, 3.05) is 16.3 Å². The molecule has 1 aromatic carbocycles. The number of nitrogens with two attached hydrogens (primary N) is 1. The van der Waals surface area contributed by atoms with Crippen LogP contribution in [-0.2, 0) is 19.4 Å². The fourth-order valence-electron chi connectivity index (χ4n) is 2.27.